The van der Waals surface area contributed by atoms with Crippen LogP contribution in [0.5, 0.6) is 0 Å². The van der Waals surface area contributed by atoms with Crippen molar-refractivity contribution in [2.45, 2.75) is 36.1 Å². The van der Waals surface area contributed by atoms with Crippen molar-refractivity contribution in [2.24, 2.45) is 0 Å². The zero-order valence-corrected chi connectivity index (χ0v) is 15.7. The molecular formula is C21H21FO4S. The molecule has 2 aromatic rings. The first-order chi connectivity index (χ1) is 13.1. The number of carbonyl (C=O) groups is 2. The zero-order valence-electron chi connectivity index (χ0n) is 14.9. The summed E-state index contributed by atoms with van der Waals surface area (Å²) in [6.45, 7) is 1.88. The Morgan fingerprint density at radius 3 is 2.04 bits per heavy atom. The summed E-state index contributed by atoms with van der Waals surface area (Å²) < 4.78 is 25.6. The summed E-state index contributed by atoms with van der Waals surface area (Å²) in [6, 6.07) is 17.1. The molecule has 142 valence electrons. The average Bonchev–Trinajstić information content (AvgIpc) is 3.02. The van der Waals surface area contributed by atoms with E-state index in [9.17, 15) is 14.0 Å². The van der Waals surface area contributed by atoms with E-state index in [1.165, 1.54) is 11.8 Å². The Hall–Kier alpha value is -2.34. The summed E-state index contributed by atoms with van der Waals surface area (Å²) in [5.74, 6) is -1.04. The van der Waals surface area contributed by atoms with Gasteiger partial charge in [-0.25, -0.2) is 14.0 Å². The molecule has 4 atom stereocenters. The third-order valence-electron chi connectivity index (χ3n) is 4.43. The highest BCUT2D eigenvalue weighted by molar-refractivity contribution is 8.00. The van der Waals surface area contributed by atoms with E-state index in [1.807, 2.05) is 13.0 Å². The fourth-order valence-electron chi connectivity index (χ4n) is 2.97. The van der Waals surface area contributed by atoms with Gasteiger partial charge in [-0.1, -0.05) is 43.3 Å². The van der Waals surface area contributed by atoms with Gasteiger partial charge in [-0.05, 0) is 30.7 Å². The third-order valence-corrected chi connectivity index (χ3v) is 6.13. The molecule has 0 amide bonds. The number of alkyl halides is 1. The minimum Gasteiger partial charge on any atom is -0.461 e. The molecular weight excluding hydrogens is 367 g/mol. The molecule has 0 aromatic heterocycles. The van der Waals surface area contributed by atoms with Crippen LogP contribution in [-0.4, -0.2) is 41.3 Å². The third kappa shape index (κ3) is 4.69. The minimum absolute atomic E-state index is 0.0119. The predicted octanol–water partition coefficient (Wildman–Crippen LogP) is 4.30. The lowest BCUT2D eigenvalue weighted by atomic mass is 10.1. The van der Waals surface area contributed by atoms with Crippen LogP contribution in [0, 0.1) is 0 Å². The molecule has 1 fully saturated rings. The first kappa shape index (κ1) is 19.4. The highest BCUT2D eigenvalue weighted by Crippen LogP contribution is 2.40. The standard InChI is InChI=1S/C21H21FO4S/c1-2-16-18(22)19(26-21(24)15-11-7-4-8-12-15)17(27-16)13-25-20(23)14-9-5-3-6-10-14/h3-12,16-19H,2,13H2,1H3. The average molecular weight is 388 g/mol. The fraction of sp³-hybridized carbons (Fsp3) is 0.333. The van der Waals surface area contributed by atoms with Crippen LogP contribution < -0.4 is 0 Å². The number of carbonyl (C=O) groups excluding carboxylic acids is 2. The van der Waals surface area contributed by atoms with Gasteiger partial charge in [-0.15, -0.1) is 11.8 Å². The molecule has 27 heavy (non-hydrogen) atoms. The Morgan fingerprint density at radius 2 is 1.48 bits per heavy atom. The normalized spacial score (nSPS) is 24.4. The molecule has 4 unspecified atom stereocenters. The predicted molar refractivity (Wildman–Crippen MR) is 103 cm³/mol. The summed E-state index contributed by atoms with van der Waals surface area (Å²) in [6.07, 6.45) is -1.64. The summed E-state index contributed by atoms with van der Waals surface area (Å²) in [4.78, 5) is 24.5. The van der Waals surface area contributed by atoms with Gasteiger partial charge in [0.25, 0.3) is 0 Å². The van der Waals surface area contributed by atoms with Crippen LogP contribution in [-0.2, 0) is 9.47 Å². The van der Waals surface area contributed by atoms with Crippen LogP contribution in [0.1, 0.15) is 34.1 Å². The van der Waals surface area contributed by atoms with Crippen molar-refractivity contribution in [2.75, 3.05) is 6.61 Å². The highest BCUT2D eigenvalue weighted by Gasteiger charge is 2.46. The summed E-state index contributed by atoms with van der Waals surface area (Å²) >= 11 is 1.37. The molecule has 1 heterocycles. The SMILES string of the molecule is CCC1SC(COC(=O)c2ccccc2)C(OC(=O)c2ccccc2)C1F. The van der Waals surface area contributed by atoms with E-state index in [4.69, 9.17) is 9.47 Å². The highest BCUT2D eigenvalue weighted by atomic mass is 32.2. The first-order valence-corrected chi connectivity index (χ1v) is 9.82. The zero-order chi connectivity index (χ0) is 19.2. The van der Waals surface area contributed by atoms with Crippen molar-refractivity contribution in [1.82, 2.24) is 0 Å². The van der Waals surface area contributed by atoms with Gasteiger partial charge in [0.2, 0.25) is 0 Å². The second-order valence-corrected chi connectivity index (χ2v) is 7.75. The Kier molecular flexibility index (Phi) is 6.50. The Bertz CT molecular complexity index is 768. The van der Waals surface area contributed by atoms with Crippen LogP contribution >= 0.6 is 11.8 Å². The molecule has 0 saturated carbocycles. The number of ether oxygens (including phenoxy) is 2. The maximum atomic E-state index is 14.8. The number of hydrogen-bond acceptors (Lipinski definition) is 5. The summed E-state index contributed by atoms with van der Waals surface area (Å²) in [7, 11) is 0. The number of halogens is 1. The molecule has 1 saturated heterocycles. The summed E-state index contributed by atoms with van der Waals surface area (Å²) in [5, 5.41) is -0.732. The number of hydrogen-bond donors (Lipinski definition) is 0. The quantitative estimate of drug-likeness (QED) is 0.691. The number of thioether (sulfide) groups is 1. The molecule has 4 nitrogen and oxygen atoms in total. The van der Waals surface area contributed by atoms with E-state index in [2.05, 4.69) is 0 Å². The number of esters is 2. The Morgan fingerprint density at radius 1 is 0.926 bits per heavy atom. The van der Waals surface area contributed by atoms with Gasteiger partial charge in [0, 0.05) is 5.25 Å². The van der Waals surface area contributed by atoms with Gasteiger partial charge >= 0.3 is 11.9 Å². The van der Waals surface area contributed by atoms with Crippen molar-refractivity contribution >= 4 is 23.7 Å². The van der Waals surface area contributed by atoms with E-state index in [0.717, 1.165) is 0 Å². The lowest BCUT2D eigenvalue weighted by Gasteiger charge is -2.21. The second kappa shape index (κ2) is 9.04. The Balaban J connectivity index is 1.66. The maximum Gasteiger partial charge on any atom is 0.338 e. The molecule has 0 bridgehead atoms. The molecule has 1 aliphatic heterocycles. The largest absolute Gasteiger partial charge is 0.461 e. The van der Waals surface area contributed by atoms with Gasteiger partial charge in [0.15, 0.2) is 0 Å². The van der Waals surface area contributed by atoms with E-state index < -0.39 is 29.5 Å². The molecule has 1 aliphatic rings. The van der Waals surface area contributed by atoms with Gasteiger partial charge in [-0.3, -0.25) is 0 Å². The van der Waals surface area contributed by atoms with E-state index in [1.54, 1.807) is 54.6 Å². The van der Waals surface area contributed by atoms with Crippen molar-refractivity contribution in [3.05, 3.63) is 71.8 Å². The Labute approximate surface area is 162 Å². The van der Waals surface area contributed by atoms with Gasteiger partial charge in [0.05, 0.1) is 16.4 Å². The maximum absolute atomic E-state index is 14.8. The molecule has 0 radical (unpaired) electrons. The van der Waals surface area contributed by atoms with Gasteiger partial charge in [-0.2, -0.15) is 0 Å². The van der Waals surface area contributed by atoms with E-state index >= 15 is 0 Å². The van der Waals surface area contributed by atoms with Gasteiger partial charge in [0.1, 0.15) is 18.9 Å². The molecule has 0 N–H and O–H groups in total. The van der Waals surface area contributed by atoms with Crippen LogP contribution in [0.2, 0.25) is 0 Å². The minimum atomic E-state index is -1.30. The lowest BCUT2D eigenvalue weighted by molar-refractivity contribution is 0.00140. The monoisotopic (exact) mass is 388 g/mol. The topological polar surface area (TPSA) is 52.6 Å². The first-order valence-electron chi connectivity index (χ1n) is 8.88. The van der Waals surface area contributed by atoms with Crippen molar-refractivity contribution < 1.29 is 23.5 Å². The lowest BCUT2D eigenvalue weighted by Crippen LogP contribution is -2.36. The van der Waals surface area contributed by atoms with Gasteiger partial charge < -0.3 is 9.47 Å². The number of rotatable bonds is 6. The fourth-order valence-corrected chi connectivity index (χ4v) is 4.42. The smallest absolute Gasteiger partial charge is 0.338 e. The van der Waals surface area contributed by atoms with E-state index in [-0.39, 0.29) is 11.9 Å². The van der Waals surface area contributed by atoms with Crippen LogP contribution in [0.3, 0.4) is 0 Å². The van der Waals surface area contributed by atoms with Crippen molar-refractivity contribution in [1.29, 1.82) is 0 Å². The molecule has 6 heteroatoms. The van der Waals surface area contributed by atoms with Crippen LogP contribution in [0.25, 0.3) is 0 Å². The van der Waals surface area contributed by atoms with E-state index in [0.29, 0.717) is 17.5 Å². The van der Waals surface area contributed by atoms with Crippen molar-refractivity contribution in [3.8, 4) is 0 Å². The molecule has 0 aliphatic carbocycles. The van der Waals surface area contributed by atoms with Crippen molar-refractivity contribution in [3.63, 3.8) is 0 Å². The second-order valence-electron chi connectivity index (χ2n) is 6.27. The summed E-state index contributed by atoms with van der Waals surface area (Å²) in [5.41, 5.74) is 0.803. The van der Waals surface area contributed by atoms with Crippen LogP contribution in [0.15, 0.2) is 60.7 Å². The molecule has 3 rings (SSSR count). The molecule has 2 aromatic carbocycles. The van der Waals surface area contributed by atoms with Crippen LogP contribution in [0.4, 0.5) is 4.39 Å². The molecule has 0 spiro atoms. The number of benzene rings is 2.